The Bertz CT molecular complexity index is 1340. The maximum Gasteiger partial charge on any atom is 0.274 e. The predicted molar refractivity (Wildman–Crippen MR) is 119 cm³/mol. The van der Waals surface area contributed by atoms with Crippen LogP contribution in [0.5, 0.6) is 5.75 Å². The van der Waals surface area contributed by atoms with Gasteiger partial charge in [0.25, 0.3) is 5.91 Å². The summed E-state index contributed by atoms with van der Waals surface area (Å²) in [6.07, 6.45) is 1.62. The zero-order chi connectivity index (χ0) is 23.0. The first-order valence-corrected chi connectivity index (χ1v) is 10.1. The molecule has 4 rings (SSSR count). The van der Waals surface area contributed by atoms with Crippen molar-refractivity contribution >= 4 is 46.1 Å². The molecule has 0 saturated heterocycles. The zero-order valence-corrected chi connectivity index (χ0v) is 18.1. The number of nitrogens with one attached hydrogen (secondary N) is 1. The lowest BCUT2D eigenvalue weighted by Gasteiger charge is -2.11. The molecule has 32 heavy (non-hydrogen) atoms. The first-order chi connectivity index (χ1) is 15.3. The molecule has 1 amide bonds. The topological polar surface area (TPSA) is 81.7 Å². The molecule has 2 heterocycles. The molecule has 0 fully saturated rings. The van der Waals surface area contributed by atoms with Crippen LogP contribution in [-0.4, -0.2) is 15.3 Å². The SMILES string of the molecule is Cc1nc2c(OCc3c(Cl)cccc3Cl)cccn2c1C(=O)Nc1cc(F)cc(F)c1N. The van der Waals surface area contributed by atoms with Crippen LogP contribution in [0.25, 0.3) is 5.65 Å². The molecule has 0 aliphatic carbocycles. The number of carbonyl (C=O) groups is 1. The van der Waals surface area contributed by atoms with Crippen LogP contribution in [-0.2, 0) is 6.61 Å². The number of nitrogens with zero attached hydrogens (tertiary/aromatic N) is 2. The molecule has 0 aliphatic heterocycles. The smallest absolute Gasteiger partial charge is 0.274 e. The minimum absolute atomic E-state index is 0.0880. The van der Waals surface area contributed by atoms with Crippen molar-refractivity contribution in [1.82, 2.24) is 9.38 Å². The summed E-state index contributed by atoms with van der Waals surface area (Å²) >= 11 is 12.4. The van der Waals surface area contributed by atoms with E-state index in [0.717, 1.165) is 6.07 Å². The lowest BCUT2D eigenvalue weighted by atomic mass is 10.2. The molecule has 164 valence electrons. The number of halogens is 4. The summed E-state index contributed by atoms with van der Waals surface area (Å²) in [6.45, 7) is 1.72. The quantitative estimate of drug-likeness (QED) is 0.365. The van der Waals surface area contributed by atoms with Gasteiger partial charge in [-0.15, -0.1) is 0 Å². The molecule has 0 unspecified atom stereocenters. The van der Waals surface area contributed by atoms with E-state index in [-0.39, 0.29) is 23.7 Å². The lowest BCUT2D eigenvalue weighted by molar-refractivity contribution is 0.102. The summed E-state index contributed by atoms with van der Waals surface area (Å²) in [7, 11) is 0. The van der Waals surface area contributed by atoms with Gasteiger partial charge in [-0.3, -0.25) is 9.20 Å². The van der Waals surface area contributed by atoms with Gasteiger partial charge in [-0.05, 0) is 37.3 Å². The number of nitrogens with two attached hydrogens (primary N) is 1. The fourth-order valence-corrected chi connectivity index (χ4v) is 3.74. The van der Waals surface area contributed by atoms with E-state index < -0.39 is 17.5 Å². The van der Waals surface area contributed by atoms with Crippen molar-refractivity contribution < 1.29 is 18.3 Å². The van der Waals surface area contributed by atoms with Gasteiger partial charge in [0.15, 0.2) is 17.2 Å². The van der Waals surface area contributed by atoms with Crippen molar-refractivity contribution in [2.24, 2.45) is 0 Å². The van der Waals surface area contributed by atoms with E-state index in [1.807, 2.05) is 0 Å². The highest BCUT2D eigenvalue weighted by molar-refractivity contribution is 6.35. The van der Waals surface area contributed by atoms with Crippen molar-refractivity contribution in [2.75, 3.05) is 11.1 Å². The number of aryl methyl sites for hydroxylation is 1. The van der Waals surface area contributed by atoms with E-state index in [1.54, 1.807) is 43.5 Å². The zero-order valence-electron chi connectivity index (χ0n) is 16.6. The van der Waals surface area contributed by atoms with Gasteiger partial charge in [-0.2, -0.15) is 0 Å². The number of anilines is 2. The number of rotatable bonds is 5. The summed E-state index contributed by atoms with van der Waals surface area (Å²) in [5.74, 6) is -2.08. The van der Waals surface area contributed by atoms with E-state index in [0.29, 0.717) is 38.8 Å². The van der Waals surface area contributed by atoms with Crippen LogP contribution in [0.4, 0.5) is 20.2 Å². The number of hydrogen-bond donors (Lipinski definition) is 2. The minimum atomic E-state index is -0.968. The maximum absolute atomic E-state index is 13.7. The summed E-state index contributed by atoms with van der Waals surface area (Å²) in [5.41, 5.74) is 6.60. The van der Waals surface area contributed by atoms with Gasteiger partial charge in [0.2, 0.25) is 0 Å². The monoisotopic (exact) mass is 476 g/mol. The average Bonchev–Trinajstić information content (AvgIpc) is 3.08. The van der Waals surface area contributed by atoms with Gasteiger partial charge in [-0.1, -0.05) is 29.3 Å². The van der Waals surface area contributed by atoms with E-state index in [1.165, 1.54) is 4.40 Å². The number of nitrogen functional groups attached to an aromatic ring is 1. The fraction of sp³-hybridized carbons (Fsp3) is 0.0909. The van der Waals surface area contributed by atoms with Crippen LogP contribution in [0.2, 0.25) is 10.0 Å². The number of fused-ring (bicyclic) bond motifs is 1. The number of imidazole rings is 1. The Labute approximate surface area is 191 Å². The van der Waals surface area contributed by atoms with Crippen LogP contribution < -0.4 is 15.8 Å². The van der Waals surface area contributed by atoms with Crippen LogP contribution in [0, 0.1) is 18.6 Å². The summed E-state index contributed by atoms with van der Waals surface area (Å²) < 4.78 is 34.7. The van der Waals surface area contributed by atoms with E-state index in [9.17, 15) is 13.6 Å². The number of carbonyl (C=O) groups excluding carboxylic acids is 1. The highest BCUT2D eigenvalue weighted by Crippen LogP contribution is 2.29. The van der Waals surface area contributed by atoms with Gasteiger partial charge in [0.05, 0.1) is 17.1 Å². The van der Waals surface area contributed by atoms with E-state index in [2.05, 4.69) is 10.3 Å². The molecule has 0 atom stereocenters. The van der Waals surface area contributed by atoms with Crippen LogP contribution in [0.1, 0.15) is 21.7 Å². The Morgan fingerprint density at radius 3 is 2.62 bits per heavy atom. The molecule has 0 saturated carbocycles. The Morgan fingerprint density at radius 2 is 1.91 bits per heavy atom. The highest BCUT2D eigenvalue weighted by Gasteiger charge is 2.21. The number of benzene rings is 2. The van der Waals surface area contributed by atoms with Gasteiger partial charge in [-0.25, -0.2) is 13.8 Å². The second-order valence-corrected chi connectivity index (χ2v) is 7.72. The summed E-state index contributed by atoms with van der Waals surface area (Å²) in [6, 6.07) is 10.1. The molecular weight excluding hydrogens is 461 g/mol. The van der Waals surface area contributed by atoms with E-state index in [4.69, 9.17) is 33.7 Å². The van der Waals surface area contributed by atoms with Crippen LogP contribution in [0.3, 0.4) is 0 Å². The molecule has 0 bridgehead atoms. The number of aromatic nitrogens is 2. The van der Waals surface area contributed by atoms with Crippen molar-refractivity contribution in [3.63, 3.8) is 0 Å². The Kier molecular flexibility index (Phi) is 5.90. The molecule has 2 aromatic carbocycles. The first-order valence-electron chi connectivity index (χ1n) is 9.35. The van der Waals surface area contributed by atoms with Crippen LogP contribution in [0.15, 0.2) is 48.7 Å². The third kappa shape index (κ3) is 4.06. The molecule has 0 spiro atoms. The normalized spacial score (nSPS) is 11.0. The van der Waals surface area contributed by atoms with Crippen molar-refractivity contribution in [1.29, 1.82) is 0 Å². The average molecular weight is 477 g/mol. The fourth-order valence-electron chi connectivity index (χ4n) is 3.23. The van der Waals surface area contributed by atoms with Crippen LogP contribution >= 0.6 is 23.2 Å². The minimum Gasteiger partial charge on any atom is -0.485 e. The van der Waals surface area contributed by atoms with Crippen molar-refractivity contribution in [2.45, 2.75) is 13.5 Å². The standard InChI is InChI=1S/C22H16Cl2F2N4O2/c1-11-20(22(31)29-17-9-12(25)8-16(26)19(17)27)30-7-3-6-18(21(30)28-11)32-10-13-14(23)4-2-5-15(13)24/h2-9H,10,27H2,1H3,(H,29,31). The highest BCUT2D eigenvalue weighted by atomic mass is 35.5. The molecule has 3 N–H and O–H groups in total. The second-order valence-electron chi connectivity index (χ2n) is 6.90. The van der Waals surface area contributed by atoms with Gasteiger partial charge >= 0.3 is 0 Å². The second kappa shape index (κ2) is 8.64. The number of amides is 1. The molecular formula is C22H16Cl2F2N4O2. The van der Waals surface area contributed by atoms with Crippen molar-refractivity contribution in [3.8, 4) is 5.75 Å². The summed E-state index contributed by atoms with van der Waals surface area (Å²) in [5, 5.41) is 3.36. The number of pyridine rings is 1. The third-order valence-electron chi connectivity index (χ3n) is 4.78. The van der Waals surface area contributed by atoms with Crippen molar-refractivity contribution in [3.05, 3.63) is 87.3 Å². The molecule has 10 heteroatoms. The molecule has 2 aromatic heterocycles. The number of hydrogen-bond acceptors (Lipinski definition) is 4. The Balaban J connectivity index is 1.66. The molecule has 0 aliphatic rings. The lowest BCUT2D eigenvalue weighted by Crippen LogP contribution is -2.17. The molecule has 0 radical (unpaired) electrons. The molecule has 6 nitrogen and oxygen atoms in total. The largest absolute Gasteiger partial charge is 0.485 e. The Morgan fingerprint density at radius 1 is 1.19 bits per heavy atom. The van der Waals surface area contributed by atoms with Gasteiger partial charge in [0.1, 0.15) is 18.1 Å². The third-order valence-corrected chi connectivity index (χ3v) is 5.49. The van der Waals surface area contributed by atoms with Gasteiger partial charge < -0.3 is 15.8 Å². The predicted octanol–water partition coefficient (Wildman–Crippen LogP) is 5.64. The van der Waals surface area contributed by atoms with E-state index >= 15 is 0 Å². The first kappa shape index (κ1) is 21.9. The summed E-state index contributed by atoms with van der Waals surface area (Å²) in [4.78, 5) is 17.3. The van der Waals surface area contributed by atoms with Gasteiger partial charge in [0, 0.05) is 27.9 Å². The maximum atomic E-state index is 13.7. The Hall–Kier alpha value is -3.36. The number of ether oxygens (including phenoxy) is 1. The molecule has 4 aromatic rings.